The Balaban J connectivity index is 1.27. The first-order valence-electron chi connectivity index (χ1n) is 15.1. The molecule has 5 rings (SSSR count). The zero-order chi connectivity index (χ0) is 28.4. The molecule has 220 valence electrons. The molecule has 2 fully saturated rings. The minimum atomic E-state index is 0.112. The summed E-state index contributed by atoms with van der Waals surface area (Å²) in [6.07, 6.45) is 8.05. The minimum Gasteiger partial charge on any atom is -0.497 e. The van der Waals surface area contributed by atoms with Crippen molar-refractivity contribution >= 4 is 11.8 Å². The zero-order valence-electron chi connectivity index (χ0n) is 24.3. The van der Waals surface area contributed by atoms with Crippen molar-refractivity contribution < 1.29 is 19.1 Å². The lowest BCUT2D eigenvalue weighted by atomic mass is 9.82. The van der Waals surface area contributed by atoms with Crippen molar-refractivity contribution in [1.82, 2.24) is 20.0 Å². The second-order valence-corrected chi connectivity index (χ2v) is 11.5. The van der Waals surface area contributed by atoms with Gasteiger partial charge in [0, 0.05) is 51.3 Å². The van der Waals surface area contributed by atoms with E-state index in [1.54, 1.807) is 7.11 Å². The normalized spacial score (nSPS) is 22.2. The molecule has 2 aromatic carbocycles. The van der Waals surface area contributed by atoms with Gasteiger partial charge < -0.3 is 24.6 Å². The predicted octanol–water partition coefficient (Wildman–Crippen LogP) is 3.71. The van der Waals surface area contributed by atoms with Gasteiger partial charge in [-0.1, -0.05) is 42.5 Å². The molecule has 1 N–H and O–H groups in total. The quantitative estimate of drug-likeness (QED) is 0.497. The third-order valence-electron chi connectivity index (χ3n) is 8.56. The summed E-state index contributed by atoms with van der Waals surface area (Å²) in [7, 11) is 1.66. The topological polar surface area (TPSA) is 74.4 Å². The summed E-state index contributed by atoms with van der Waals surface area (Å²) in [6.45, 7) is 7.23. The lowest BCUT2D eigenvalue weighted by Crippen LogP contribution is -2.47. The summed E-state index contributed by atoms with van der Waals surface area (Å²) in [6, 6.07) is 16.1. The Morgan fingerprint density at radius 3 is 2.63 bits per heavy atom. The number of hydrogen-bond donors (Lipinski definition) is 1. The summed E-state index contributed by atoms with van der Waals surface area (Å²) in [5.74, 6) is 2.21. The Bertz CT molecular complexity index is 1180. The average Bonchev–Trinajstić information content (AvgIpc) is 3.50. The van der Waals surface area contributed by atoms with Crippen LogP contribution in [0.4, 0.5) is 0 Å². The molecule has 0 unspecified atom stereocenters. The van der Waals surface area contributed by atoms with Crippen molar-refractivity contribution in [3.63, 3.8) is 0 Å². The number of benzene rings is 2. The van der Waals surface area contributed by atoms with Gasteiger partial charge in [-0.25, -0.2) is 0 Å². The number of fused-ring (bicyclic) bond motifs is 3. The predicted molar refractivity (Wildman–Crippen MR) is 160 cm³/mol. The first kappa shape index (κ1) is 29.1. The molecule has 8 heteroatoms. The molecule has 2 bridgehead atoms. The highest BCUT2D eigenvalue weighted by Gasteiger charge is 2.32. The molecule has 0 spiro atoms. The maximum Gasteiger partial charge on any atom is 0.236 e. The monoisotopic (exact) mass is 560 g/mol. The van der Waals surface area contributed by atoms with Crippen molar-refractivity contribution in [2.75, 3.05) is 59.5 Å². The Hall–Kier alpha value is -3.36. The molecule has 2 saturated heterocycles. The molecule has 8 nitrogen and oxygen atoms in total. The van der Waals surface area contributed by atoms with E-state index in [1.165, 1.54) is 12.8 Å². The molecule has 3 aliphatic heterocycles. The summed E-state index contributed by atoms with van der Waals surface area (Å²) < 4.78 is 11.5. The van der Waals surface area contributed by atoms with Gasteiger partial charge in [0.05, 0.1) is 13.7 Å². The van der Waals surface area contributed by atoms with Gasteiger partial charge in [-0.3, -0.25) is 14.5 Å². The molecule has 2 aromatic rings. The fraction of sp³-hybridized carbons (Fsp3) is 0.515. The fourth-order valence-corrected chi connectivity index (χ4v) is 6.23. The Morgan fingerprint density at radius 1 is 1.02 bits per heavy atom. The van der Waals surface area contributed by atoms with E-state index in [0.29, 0.717) is 52.3 Å². The van der Waals surface area contributed by atoms with Crippen molar-refractivity contribution in [2.45, 2.75) is 38.8 Å². The van der Waals surface area contributed by atoms with Crippen LogP contribution in [0.5, 0.6) is 11.5 Å². The van der Waals surface area contributed by atoms with E-state index < -0.39 is 0 Å². The minimum absolute atomic E-state index is 0.112. The number of carbonyl (C=O) groups is 2. The van der Waals surface area contributed by atoms with Crippen LogP contribution in [0.2, 0.25) is 0 Å². The SMILES string of the molecule is COc1ccc(CN2CC(=O)N3CC[C@@H](CC(=O)NCCN4CCCC4)[C@@H](C=CCOc4ccccc4C2)C3)cc1. The maximum atomic E-state index is 13.7. The van der Waals surface area contributed by atoms with Gasteiger partial charge in [0.2, 0.25) is 11.8 Å². The maximum absolute atomic E-state index is 13.7. The highest BCUT2D eigenvalue weighted by molar-refractivity contribution is 5.79. The molecular formula is C33H44N4O4. The molecule has 2 atom stereocenters. The lowest BCUT2D eigenvalue weighted by Gasteiger charge is -2.38. The molecule has 2 amide bonds. The molecule has 0 radical (unpaired) electrons. The zero-order valence-corrected chi connectivity index (χ0v) is 24.3. The highest BCUT2D eigenvalue weighted by atomic mass is 16.5. The van der Waals surface area contributed by atoms with E-state index in [1.807, 2.05) is 35.2 Å². The van der Waals surface area contributed by atoms with Crippen LogP contribution in [0.3, 0.4) is 0 Å². The average molecular weight is 561 g/mol. The number of likely N-dealkylation sites (tertiary alicyclic amines) is 1. The molecular weight excluding hydrogens is 516 g/mol. The van der Waals surface area contributed by atoms with Crippen LogP contribution >= 0.6 is 0 Å². The van der Waals surface area contributed by atoms with Crippen molar-refractivity contribution in [1.29, 1.82) is 0 Å². The molecule has 0 aromatic heterocycles. The van der Waals surface area contributed by atoms with E-state index >= 15 is 0 Å². The number of amides is 2. The number of rotatable bonds is 8. The summed E-state index contributed by atoms with van der Waals surface area (Å²) in [4.78, 5) is 33.1. The summed E-state index contributed by atoms with van der Waals surface area (Å²) in [5.41, 5.74) is 2.18. The first-order chi connectivity index (χ1) is 20.1. The van der Waals surface area contributed by atoms with Gasteiger partial charge in [-0.05, 0) is 68.0 Å². The Labute approximate surface area is 244 Å². The number of carbonyl (C=O) groups excluding carboxylic acids is 2. The largest absolute Gasteiger partial charge is 0.497 e. The van der Waals surface area contributed by atoms with Gasteiger partial charge in [0.15, 0.2) is 0 Å². The molecule has 3 aliphatic rings. The number of nitrogens with zero attached hydrogens (tertiary/aromatic N) is 3. The number of hydrogen-bond acceptors (Lipinski definition) is 6. The van der Waals surface area contributed by atoms with Crippen LogP contribution in [0, 0.1) is 11.8 Å². The van der Waals surface area contributed by atoms with Crippen LogP contribution in [-0.2, 0) is 22.7 Å². The standard InChI is InChI=1S/C33H44N4O4/c1-40-30-12-10-26(11-13-30)22-36-23-29-7-2-3-9-31(29)41-20-6-8-28-24-37(33(39)25-36)18-14-27(28)21-32(38)34-15-19-35-16-4-5-17-35/h2-3,6-13,27-28H,4-5,14-25H2,1H3,(H,34,38)/t27-,28-/m0/s1. The number of piperidine rings is 1. The van der Waals surface area contributed by atoms with Crippen LogP contribution < -0.4 is 14.8 Å². The van der Waals surface area contributed by atoms with Gasteiger partial charge in [0.1, 0.15) is 18.1 Å². The van der Waals surface area contributed by atoms with Gasteiger partial charge in [-0.15, -0.1) is 0 Å². The first-order valence-corrected chi connectivity index (χ1v) is 15.1. The molecule has 0 saturated carbocycles. The van der Waals surface area contributed by atoms with E-state index in [0.717, 1.165) is 48.7 Å². The Kier molecular flexibility index (Phi) is 10.3. The lowest BCUT2D eigenvalue weighted by molar-refractivity contribution is -0.135. The van der Waals surface area contributed by atoms with Gasteiger partial charge in [0.25, 0.3) is 0 Å². The van der Waals surface area contributed by atoms with E-state index in [9.17, 15) is 9.59 Å². The second kappa shape index (κ2) is 14.5. The van der Waals surface area contributed by atoms with E-state index in [4.69, 9.17) is 9.47 Å². The highest BCUT2D eigenvalue weighted by Crippen LogP contribution is 2.29. The van der Waals surface area contributed by atoms with Crippen LogP contribution in [0.15, 0.2) is 60.7 Å². The molecule has 41 heavy (non-hydrogen) atoms. The second-order valence-electron chi connectivity index (χ2n) is 11.5. The van der Waals surface area contributed by atoms with E-state index in [-0.39, 0.29) is 23.7 Å². The van der Waals surface area contributed by atoms with Crippen LogP contribution in [0.25, 0.3) is 0 Å². The number of ether oxygens (including phenoxy) is 2. The van der Waals surface area contributed by atoms with Crippen molar-refractivity contribution in [3.05, 3.63) is 71.8 Å². The van der Waals surface area contributed by atoms with Crippen molar-refractivity contribution in [2.24, 2.45) is 11.8 Å². The summed E-state index contributed by atoms with van der Waals surface area (Å²) >= 11 is 0. The van der Waals surface area contributed by atoms with Gasteiger partial charge >= 0.3 is 0 Å². The van der Waals surface area contributed by atoms with Crippen LogP contribution in [-0.4, -0.2) is 86.0 Å². The van der Waals surface area contributed by atoms with Crippen molar-refractivity contribution in [3.8, 4) is 11.5 Å². The molecule has 3 heterocycles. The Morgan fingerprint density at radius 2 is 1.83 bits per heavy atom. The van der Waals surface area contributed by atoms with Crippen LogP contribution in [0.1, 0.15) is 36.8 Å². The third kappa shape index (κ3) is 8.33. The number of nitrogens with one attached hydrogen (secondary N) is 1. The molecule has 0 aliphatic carbocycles. The van der Waals surface area contributed by atoms with E-state index in [2.05, 4.69) is 45.5 Å². The summed E-state index contributed by atoms with van der Waals surface area (Å²) in [5, 5.41) is 3.14. The number of para-hydroxylation sites is 1. The fourth-order valence-electron chi connectivity index (χ4n) is 6.23. The van der Waals surface area contributed by atoms with Gasteiger partial charge in [-0.2, -0.15) is 0 Å². The number of methoxy groups -OCH3 is 1. The third-order valence-corrected chi connectivity index (χ3v) is 8.56. The smallest absolute Gasteiger partial charge is 0.236 e.